The lowest BCUT2D eigenvalue weighted by Crippen LogP contribution is -2.44. The van der Waals surface area contributed by atoms with Crippen LogP contribution in [0, 0.1) is 0 Å². The molecule has 0 aliphatic carbocycles. The minimum absolute atomic E-state index is 0.0566. The van der Waals surface area contributed by atoms with Gasteiger partial charge in [-0.25, -0.2) is 4.79 Å². The molecule has 150 valence electrons. The number of benzene rings is 1. The van der Waals surface area contributed by atoms with E-state index in [-0.39, 0.29) is 23.7 Å². The van der Waals surface area contributed by atoms with Gasteiger partial charge in [-0.1, -0.05) is 18.2 Å². The van der Waals surface area contributed by atoms with Crippen LogP contribution in [-0.2, 0) is 9.53 Å². The van der Waals surface area contributed by atoms with Crippen LogP contribution in [-0.4, -0.2) is 61.6 Å². The first-order chi connectivity index (χ1) is 13.5. The van der Waals surface area contributed by atoms with Crippen molar-refractivity contribution in [3.63, 3.8) is 0 Å². The molecule has 0 radical (unpaired) electrons. The lowest BCUT2D eigenvalue weighted by atomic mass is 10.0. The molecule has 2 heterocycles. The van der Waals surface area contributed by atoms with Gasteiger partial charge in [-0.05, 0) is 44.0 Å². The molecule has 1 saturated heterocycles. The van der Waals surface area contributed by atoms with E-state index in [1.54, 1.807) is 18.2 Å². The Bertz CT molecular complexity index is 777. The van der Waals surface area contributed by atoms with Gasteiger partial charge in [-0.2, -0.15) is 0 Å². The third-order valence-electron chi connectivity index (χ3n) is 5.12. The van der Waals surface area contributed by atoms with E-state index in [9.17, 15) is 14.7 Å². The zero-order valence-corrected chi connectivity index (χ0v) is 16.4. The Balaban J connectivity index is 1.88. The highest BCUT2D eigenvalue weighted by Gasteiger charge is 2.21. The monoisotopic (exact) mass is 384 g/mol. The van der Waals surface area contributed by atoms with Crippen molar-refractivity contribution in [2.24, 2.45) is 0 Å². The molecule has 0 unspecified atom stereocenters. The van der Waals surface area contributed by atoms with Gasteiger partial charge in [-0.3, -0.25) is 4.79 Å². The van der Waals surface area contributed by atoms with E-state index in [1.807, 2.05) is 18.2 Å². The second-order valence-electron chi connectivity index (χ2n) is 7.31. The number of anilines is 1. The van der Waals surface area contributed by atoms with Crippen LogP contribution in [0.2, 0.25) is 0 Å². The molecule has 2 aliphatic rings. The summed E-state index contributed by atoms with van der Waals surface area (Å²) in [7, 11) is 2.09. The molecule has 1 aromatic rings. The van der Waals surface area contributed by atoms with Gasteiger partial charge in [0.2, 0.25) is 0 Å². The van der Waals surface area contributed by atoms with Gasteiger partial charge in [0.05, 0.1) is 6.61 Å². The highest BCUT2D eigenvalue weighted by atomic mass is 16.5. The Hall–Kier alpha value is -2.60. The van der Waals surface area contributed by atoms with Crippen molar-refractivity contribution in [1.29, 1.82) is 0 Å². The largest absolute Gasteiger partial charge is 0.507 e. The second-order valence-corrected chi connectivity index (χ2v) is 7.31. The molecule has 1 fully saturated rings. The molecule has 0 amide bonds. The van der Waals surface area contributed by atoms with Crippen LogP contribution in [0.3, 0.4) is 0 Å². The van der Waals surface area contributed by atoms with E-state index in [1.165, 1.54) is 0 Å². The number of cyclic esters (lactones) is 1. The summed E-state index contributed by atoms with van der Waals surface area (Å²) >= 11 is 0. The van der Waals surface area contributed by atoms with Crippen molar-refractivity contribution in [2.45, 2.75) is 25.7 Å². The number of hydrogen-bond acceptors (Lipinski definition) is 6. The maximum Gasteiger partial charge on any atom is 0.342 e. The number of piperazine rings is 1. The van der Waals surface area contributed by atoms with Crippen LogP contribution in [0.1, 0.15) is 41.6 Å². The first-order valence-corrected chi connectivity index (χ1v) is 9.88. The van der Waals surface area contributed by atoms with Crippen LogP contribution in [0.5, 0.6) is 5.75 Å². The van der Waals surface area contributed by atoms with Crippen molar-refractivity contribution in [2.75, 3.05) is 44.7 Å². The van der Waals surface area contributed by atoms with Crippen molar-refractivity contribution in [3.05, 3.63) is 41.5 Å². The molecule has 2 aliphatic heterocycles. The quantitative estimate of drug-likeness (QED) is 0.751. The molecule has 0 bridgehead atoms. The van der Waals surface area contributed by atoms with E-state index in [0.717, 1.165) is 44.7 Å². The fourth-order valence-corrected chi connectivity index (χ4v) is 3.43. The van der Waals surface area contributed by atoms with Gasteiger partial charge < -0.3 is 19.6 Å². The SMILES string of the molecule is CN1CCN(c2cc(O)c3c(c2)/C=C/CCCC(=O)/C=C\CCOC3=O)CC1. The van der Waals surface area contributed by atoms with Crippen LogP contribution in [0.4, 0.5) is 5.69 Å². The molecule has 3 rings (SSSR count). The summed E-state index contributed by atoms with van der Waals surface area (Å²) in [6.45, 7) is 3.83. The molecule has 0 spiro atoms. The summed E-state index contributed by atoms with van der Waals surface area (Å²) in [4.78, 5) is 28.8. The fraction of sp³-hybridized carbons (Fsp3) is 0.455. The van der Waals surface area contributed by atoms with Gasteiger partial charge in [0.1, 0.15) is 11.3 Å². The van der Waals surface area contributed by atoms with Gasteiger partial charge in [0.15, 0.2) is 5.78 Å². The summed E-state index contributed by atoms with van der Waals surface area (Å²) in [6.07, 6.45) is 9.54. The van der Waals surface area contributed by atoms with E-state index < -0.39 is 5.97 Å². The zero-order valence-electron chi connectivity index (χ0n) is 16.4. The molecular formula is C22H28N2O4. The number of ether oxygens (including phenoxy) is 1. The molecule has 6 heteroatoms. The van der Waals surface area contributed by atoms with Gasteiger partial charge >= 0.3 is 5.97 Å². The number of ketones is 1. The van der Waals surface area contributed by atoms with Crippen LogP contribution in [0.25, 0.3) is 6.08 Å². The summed E-state index contributed by atoms with van der Waals surface area (Å²) in [5.41, 5.74) is 1.75. The van der Waals surface area contributed by atoms with Crippen molar-refractivity contribution >= 4 is 23.5 Å². The molecule has 1 aromatic carbocycles. The maximum absolute atomic E-state index is 12.6. The van der Waals surface area contributed by atoms with Crippen molar-refractivity contribution < 1.29 is 19.4 Å². The Labute approximate surface area is 166 Å². The number of likely N-dealkylation sites (N-methyl/N-ethyl adjacent to an activating group) is 1. The average Bonchev–Trinajstić information content (AvgIpc) is 2.67. The highest BCUT2D eigenvalue weighted by Crippen LogP contribution is 2.31. The first kappa shape index (κ1) is 20.1. The lowest BCUT2D eigenvalue weighted by molar-refractivity contribution is -0.114. The zero-order chi connectivity index (χ0) is 19.9. The van der Waals surface area contributed by atoms with E-state index in [0.29, 0.717) is 18.4 Å². The lowest BCUT2D eigenvalue weighted by Gasteiger charge is -2.34. The third-order valence-corrected chi connectivity index (χ3v) is 5.12. The first-order valence-electron chi connectivity index (χ1n) is 9.88. The minimum atomic E-state index is -0.543. The summed E-state index contributed by atoms with van der Waals surface area (Å²) in [5.74, 6) is -0.509. The predicted octanol–water partition coefficient (Wildman–Crippen LogP) is 3.01. The Morgan fingerprint density at radius 1 is 1.00 bits per heavy atom. The number of hydrogen-bond donors (Lipinski definition) is 1. The van der Waals surface area contributed by atoms with Crippen molar-refractivity contribution in [3.8, 4) is 5.75 Å². The fourth-order valence-electron chi connectivity index (χ4n) is 3.43. The molecule has 1 N–H and O–H groups in total. The van der Waals surface area contributed by atoms with Crippen LogP contribution >= 0.6 is 0 Å². The minimum Gasteiger partial charge on any atom is -0.507 e. The second kappa shape index (κ2) is 9.55. The number of carbonyl (C=O) groups is 2. The normalized spacial score (nSPS) is 22.1. The number of aromatic hydroxyl groups is 1. The number of fused-ring (bicyclic) bond motifs is 1. The van der Waals surface area contributed by atoms with Crippen molar-refractivity contribution in [1.82, 2.24) is 4.90 Å². The van der Waals surface area contributed by atoms with E-state index in [4.69, 9.17) is 4.74 Å². The summed E-state index contributed by atoms with van der Waals surface area (Å²) in [6, 6.07) is 3.59. The molecule has 0 aromatic heterocycles. The number of esters is 1. The van der Waals surface area contributed by atoms with Crippen LogP contribution < -0.4 is 4.90 Å². The number of phenolic OH excluding ortho intramolecular Hbond substituents is 1. The highest BCUT2D eigenvalue weighted by molar-refractivity contribution is 5.97. The molecular weight excluding hydrogens is 356 g/mol. The molecule has 28 heavy (non-hydrogen) atoms. The van der Waals surface area contributed by atoms with Gasteiger partial charge in [0, 0.05) is 44.4 Å². The summed E-state index contributed by atoms with van der Waals surface area (Å²) in [5, 5.41) is 10.6. The standard InChI is InChI=1S/C22H28N2O4/c1-23-10-12-24(13-11-23)18-15-17-7-3-2-4-8-19(25)9-5-6-14-28-22(27)21(17)20(26)16-18/h3,5,7,9,15-16,26H,2,4,6,8,10-14H2,1H3/b7-3+,9-5-. The van der Waals surface area contributed by atoms with E-state index >= 15 is 0 Å². The van der Waals surface area contributed by atoms with E-state index in [2.05, 4.69) is 16.8 Å². The average molecular weight is 384 g/mol. The smallest absolute Gasteiger partial charge is 0.342 e. The molecule has 6 nitrogen and oxygen atoms in total. The summed E-state index contributed by atoms with van der Waals surface area (Å²) < 4.78 is 5.31. The number of nitrogens with zero attached hydrogens (tertiary/aromatic N) is 2. The number of carbonyl (C=O) groups excluding carboxylic acids is 2. The van der Waals surface area contributed by atoms with Gasteiger partial charge in [-0.15, -0.1) is 0 Å². The van der Waals surface area contributed by atoms with Gasteiger partial charge in [0.25, 0.3) is 0 Å². The Morgan fingerprint density at radius 3 is 2.54 bits per heavy atom. The topological polar surface area (TPSA) is 70.1 Å². The molecule has 0 saturated carbocycles. The van der Waals surface area contributed by atoms with Crippen LogP contribution in [0.15, 0.2) is 30.4 Å². The molecule has 0 atom stereocenters. The number of allylic oxidation sites excluding steroid dienone is 2. The number of phenols is 1. The predicted molar refractivity (Wildman–Crippen MR) is 110 cm³/mol. The Kier molecular flexibility index (Phi) is 6.87. The third kappa shape index (κ3) is 5.23. The number of rotatable bonds is 1. The maximum atomic E-state index is 12.6. The Morgan fingerprint density at radius 2 is 1.75 bits per heavy atom.